The molecule has 1 fully saturated rings. The Kier molecular flexibility index (Phi) is 5.53. The van der Waals surface area contributed by atoms with Gasteiger partial charge in [0, 0.05) is 18.7 Å². The first-order valence-corrected chi connectivity index (χ1v) is 10.2. The van der Waals surface area contributed by atoms with Crippen LogP contribution in [-0.4, -0.2) is 34.9 Å². The van der Waals surface area contributed by atoms with Gasteiger partial charge in [0.2, 0.25) is 5.91 Å². The standard InChI is InChI=1S/C21H21N5O2S/c22-19(27)15-7-4-10-26(13-15)18-9-8-16(11-23-18)25-20(28)17-12-24-21(29-17)14-5-2-1-3-6-14/h1-3,5-6,8-9,11-12,15H,4,7,10,13H2,(H2,22,27)(H,25,28). The number of amides is 2. The number of pyridine rings is 1. The molecule has 0 spiro atoms. The molecule has 1 unspecified atom stereocenters. The molecule has 2 amide bonds. The summed E-state index contributed by atoms with van der Waals surface area (Å²) in [6.45, 7) is 1.42. The molecule has 2 aromatic heterocycles. The van der Waals surface area contributed by atoms with Gasteiger partial charge in [0.05, 0.1) is 24.0 Å². The van der Waals surface area contributed by atoms with Gasteiger partial charge in [-0.1, -0.05) is 30.3 Å². The fourth-order valence-electron chi connectivity index (χ4n) is 3.35. The largest absolute Gasteiger partial charge is 0.369 e. The molecule has 0 radical (unpaired) electrons. The van der Waals surface area contributed by atoms with Crippen molar-refractivity contribution in [2.45, 2.75) is 12.8 Å². The second kappa shape index (κ2) is 8.40. The summed E-state index contributed by atoms with van der Waals surface area (Å²) in [5.41, 5.74) is 7.04. The number of thiazole rings is 1. The quantitative estimate of drug-likeness (QED) is 0.677. The predicted molar refractivity (Wildman–Crippen MR) is 114 cm³/mol. The Hall–Kier alpha value is -3.26. The number of rotatable bonds is 5. The van der Waals surface area contributed by atoms with Crippen LogP contribution >= 0.6 is 11.3 Å². The van der Waals surface area contributed by atoms with Gasteiger partial charge >= 0.3 is 0 Å². The van der Waals surface area contributed by atoms with Crippen LogP contribution in [0.5, 0.6) is 0 Å². The number of carbonyl (C=O) groups is 2. The van der Waals surface area contributed by atoms with Crippen LogP contribution in [-0.2, 0) is 4.79 Å². The molecule has 29 heavy (non-hydrogen) atoms. The molecule has 3 N–H and O–H groups in total. The minimum atomic E-state index is -0.266. The van der Waals surface area contributed by atoms with E-state index in [1.54, 1.807) is 12.4 Å². The molecule has 3 heterocycles. The molecule has 8 heteroatoms. The van der Waals surface area contributed by atoms with Crippen LogP contribution in [0.3, 0.4) is 0 Å². The van der Waals surface area contributed by atoms with Gasteiger partial charge in [0.15, 0.2) is 0 Å². The summed E-state index contributed by atoms with van der Waals surface area (Å²) in [5.74, 6) is 0.150. The van der Waals surface area contributed by atoms with Crippen molar-refractivity contribution in [3.63, 3.8) is 0 Å². The molecule has 1 aliphatic rings. The van der Waals surface area contributed by atoms with Gasteiger partial charge in [-0.25, -0.2) is 9.97 Å². The van der Waals surface area contributed by atoms with Crippen molar-refractivity contribution in [3.05, 3.63) is 59.7 Å². The lowest BCUT2D eigenvalue weighted by Gasteiger charge is -2.32. The van der Waals surface area contributed by atoms with Crippen molar-refractivity contribution in [2.24, 2.45) is 11.7 Å². The molecule has 1 aliphatic heterocycles. The molecule has 3 aromatic rings. The molecule has 1 aromatic carbocycles. The van der Waals surface area contributed by atoms with E-state index in [9.17, 15) is 9.59 Å². The number of benzene rings is 1. The van der Waals surface area contributed by atoms with Crippen LogP contribution in [0.25, 0.3) is 10.6 Å². The summed E-state index contributed by atoms with van der Waals surface area (Å²) in [6, 6.07) is 13.4. The second-order valence-electron chi connectivity index (χ2n) is 6.94. The van der Waals surface area contributed by atoms with Crippen molar-refractivity contribution in [2.75, 3.05) is 23.3 Å². The average molecular weight is 407 g/mol. The van der Waals surface area contributed by atoms with Gasteiger partial charge in [0.25, 0.3) is 5.91 Å². The molecule has 1 saturated heterocycles. The maximum absolute atomic E-state index is 12.5. The zero-order valence-corrected chi connectivity index (χ0v) is 16.6. The van der Waals surface area contributed by atoms with Crippen LogP contribution in [0, 0.1) is 5.92 Å². The van der Waals surface area contributed by atoms with E-state index in [4.69, 9.17) is 5.73 Å². The number of hydrogen-bond acceptors (Lipinski definition) is 6. The van der Waals surface area contributed by atoms with E-state index in [1.165, 1.54) is 11.3 Å². The third-order valence-electron chi connectivity index (χ3n) is 4.90. The Bertz CT molecular complexity index is 1000. The zero-order valence-electron chi connectivity index (χ0n) is 15.7. The van der Waals surface area contributed by atoms with Crippen molar-refractivity contribution in [1.82, 2.24) is 9.97 Å². The minimum Gasteiger partial charge on any atom is -0.369 e. The average Bonchev–Trinajstić information content (AvgIpc) is 3.25. The lowest BCUT2D eigenvalue weighted by Crippen LogP contribution is -2.41. The van der Waals surface area contributed by atoms with Gasteiger partial charge in [-0.05, 0) is 25.0 Å². The summed E-state index contributed by atoms with van der Waals surface area (Å²) < 4.78 is 0. The Morgan fingerprint density at radius 3 is 2.66 bits per heavy atom. The zero-order chi connectivity index (χ0) is 20.2. The van der Waals surface area contributed by atoms with E-state index in [0.29, 0.717) is 17.1 Å². The van der Waals surface area contributed by atoms with E-state index in [1.807, 2.05) is 42.5 Å². The van der Waals surface area contributed by atoms with Crippen LogP contribution in [0.4, 0.5) is 11.5 Å². The van der Waals surface area contributed by atoms with E-state index in [2.05, 4.69) is 20.2 Å². The predicted octanol–water partition coefficient (Wildman–Crippen LogP) is 3.16. The number of aromatic nitrogens is 2. The van der Waals surface area contributed by atoms with Crippen LogP contribution in [0.1, 0.15) is 22.5 Å². The normalized spacial score (nSPS) is 16.4. The fourth-order valence-corrected chi connectivity index (χ4v) is 4.17. The number of nitrogens with two attached hydrogens (primary N) is 1. The second-order valence-corrected chi connectivity index (χ2v) is 7.97. The summed E-state index contributed by atoms with van der Waals surface area (Å²) in [7, 11) is 0. The van der Waals surface area contributed by atoms with Gasteiger partial charge in [-0.2, -0.15) is 0 Å². The molecule has 0 saturated carbocycles. The molecule has 1 atom stereocenters. The Labute approximate surface area is 172 Å². The molecule has 4 rings (SSSR count). The molecule has 7 nitrogen and oxygen atoms in total. The first-order valence-electron chi connectivity index (χ1n) is 9.43. The van der Waals surface area contributed by atoms with Crippen LogP contribution in [0.15, 0.2) is 54.9 Å². The molecule has 0 bridgehead atoms. The Balaban J connectivity index is 1.41. The number of piperidine rings is 1. The van der Waals surface area contributed by atoms with Crippen molar-refractivity contribution in [1.29, 1.82) is 0 Å². The summed E-state index contributed by atoms with van der Waals surface area (Å²) in [4.78, 5) is 35.4. The first-order chi connectivity index (χ1) is 14.1. The topological polar surface area (TPSA) is 101 Å². The highest BCUT2D eigenvalue weighted by molar-refractivity contribution is 7.17. The van der Waals surface area contributed by atoms with E-state index < -0.39 is 0 Å². The highest BCUT2D eigenvalue weighted by atomic mass is 32.1. The lowest BCUT2D eigenvalue weighted by atomic mass is 9.97. The maximum atomic E-state index is 12.5. The first kappa shape index (κ1) is 19.1. The highest BCUT2D eigenvalue weighted by Gasteiger charge is 2.24. The Morgan fingerprint density at radius 1 is 1.10 bits per heavy atom. The summed E-state index contributed by atoms with van der Waals surface area (Å²) in [6.07, 6.45) is 4.94. The number of primary amides is 1. The van der Waals surface area contributed by atoms with Crippen molar-refractivity contribution in [3.8, 4) is 10.6 Å². The summed E-state index contributed by atoms with van der Waals surface area (Å²) >= 11 is 1.35. The summed E-state index contributed by atoms with van der Waals surface area (Å²) in [5, 5.41) is 3.66. The van der Waals surface area contributed by atoms with Crippen molar-refractivity contribution < 1.29 is 9.59 Å². The third-order valence-corrected chi connectivity index (χ3v) is 5.95. The van der Waals surface area contributed by atoms with Crippen molar-refractivity contribution >= 4 is 34.7 Å². The number of carbonyl (C=O) groups excluding carboxylic acids is 2. The number of hydrogen-bond donors (Lipinski definition) is 2. The number of anilines is 2. The number of nitrogens with one attached hydrogen (secondary N) is 1. The van der Waals surface area contributed by atoms with E-state index in [0.717, 1.165) is 35.8 Å². The minimum absolute atomic E-state index is 0.143. The molecular formula is C21H21N5O2S. The lowest BCUT2D eigenvalue weighted by molar-refractivity contribution is -0.122. The Morgan fingerprint density at radius 2 is 1.93 bits per heavy atom. The van der Waals surface area contributed by atoms with E-state index >= 15 is 0 Å². The van der Waals surface area contributed by atoms with E-state index in [-0.39, 0.29) is 17.7 Å². The number of nitrogens with zero attached hydrogens (tertiary/aromatic N) is 3. The van der Waals surface area contributed by atoms with Gasteiger partial charge < -0.3 is 16.0 Å². The fraction of sp³-hybridized carbons (Fsp3) is 0.238. The highest BCUT2D eigenvalue weighted by Crippen LogP contribution is 2.26. The van der Waals surface area contributed by atoms with Crippen LogP contribution in [0.2, 0.25) is 0 Å². The van der Waals surface area contributed by atoms with Crippen LogP contribution < -0.4 is 16.0 Å². The maximum Gasteiger partial charge on any atom is 0.267 e. The SMILES string of the molecule is NC(=O)C1CCCN(c2ccc(NC(=O)c3cnc(-c4ccccc4)s3)cn2)C1. The molecular weight excluding hydrogens is 386 g/mol. The molecule has 148 valence electrons. The monoisotopic (exact) mass is 407 g/mol. The smallest absolute Gasteiger partial charge is 0.267 e. The van der Waals surface area contributed by atoms with Gasteiger partial charge in [0.1, 0.15) is 15.7 Å². The molecule has 0 aliphatic carbocycles. The third kappa shape index (κ3) is 4.43. The van der Waals surface area contributed by atoms with Gasteiger partial charge in [-0.3, -0.25) is 9.59 Å². The van der Waals surface area contributed by atoms with Gasteiger partial charge in [-0.15, -0.1) is 11.3 Å².